The zero-order valence-electron chi connectivity index (χ0n) is 11.7. The van der Waals surface area contributed by atoms with Gasteiger partial charge in [-0.1, -0.05) is 43.2 Å². The normalized spacial score (nSPS) is 12.4. The van der Waals surface area contributed by atoms with E-state index in [2.05, 4.69) is 4.72 Å². The van der Waals surface area contributed by atoms with Gasteiger partial charge in [0.15, 0.2) is 0 Å². The van der Waals surface area contributed by atoms with E-state index in [1.165, 1.54) is 12.1 Å². The zero-order chi connectivity index (χ0) is 15.6. The highest BCUT2D eigenvalue weighted by Gasteiger charge is 2.27. The topological polar surface area (TPSA) is 72.2 Å². The van der Waals surface area contributed by atoms with Crippen LogP contribution >= 0.6 is 23.8 Å². The van der Waals surface area contributed by atoms with E-state index < -0.39 is 15.6 Å². The molecule has 0 atom stereocenters. The van der Waals surface area contributed by atoms with E-state index in [0.29, 0.717) is 5.56 Å². The highest BCUT2D eigenvalue weighted by molar-refractivity contribution is 7.89. The number of hydrogen-bond acceptors (Lipinski definition) is 3. The number of nitrogens with one attached hydrogen (secondary N) is 1. The van der Waals surface area contributed by atoms with Crippen LogP contribution in [0.3, 0.4) is 0 Å². The molecule has 4 nitrogen and oxygen atoms in total. The number of hydrogen-bond donors (Lipinski definition) is 2. The first-order valence-electron chi connectivity index (χ1n) is 6.22. The largest absolute Gasteiger partial charge is 0.389 e. The van der Waals surface area contributed by atoms with Crippen molar-refractivity contribution in [2.75, 3.05) is 0 Å². The minimum Gasteiger partial charge on any atom is -0.389 e. The lowest BCUT2D eigenvalue weighted by atomic mass is 10.0. The van der Waals surface area contributed by atoms with Gasteiger partial charge in [0.2, 0.25) is 10.0 Å². The quantitative estimate of drug-likeness (QED) is 0.785. The van der Waals surface area contributed by atoms with E-state index in [-0.39, 0.29) is 14.9 Å². The molecule has 0 aliphatic heterocycles. The average molecular weight is 335 g/mol. The molecule has 0 saturated carbocycles. The minimum absolute atomic E-state index is 0.00588. The Labute approximate surface area is 130 Å². The van der Waals surface area contributed by atoms with Crippen molar-refractivity contribution in [2.24, 2.45) is 5.73 Å². The molecule has 0 spiro atoms. The fraction of sp³-hybridized carbons (Fsp3) is 0.462. The molecular weight excluding hydrogens is 316 g/mol. The maximum atomic E-state index is 12.4. The number of benzene rings is 1. The highest BCUT2D eigenvalue weighted by atomic mass is 35.5. The number of thiocarbonyl (C=S) groups is 1. The second-order valence-electron chi connectivity index (χ2n) is 5.25. The fourth-order valence-electron chi connectivity index (χ4n) is 1.96. The zero-order valence-corrected chi connectivity index (χ0v) is 14.1. The molecule has 0 fully saturated rings. The van der Waals surface area contributed by atoms with Crippen LogP contribution < -0.4 is 10.5 Å². The number of rotatable bonds is 6. The Morgan fingerprint density at radius 3 is 2.55 bits per heavy atom. The Kier molecular flexibility index (Phi) is 5.54. The molecule has 112 valence electrons. The van der Waals surface area contributed by atoms with Gasteiger partial charge in [-0.15, -0.1) is 0 Å². The van der Waals surface area contributed by atoms with Gasteiger partial charge in [0.25, 0.3) is 0 Å². The molecule has 0 aromatic heterocycles. The van der Waals surface area contributed by atoms with E-state index in [1.54, 1.807) is 6.07 Å². The van der Waals surface area contributed by atoms with Crippen molar-refractivity contribution >= 4 is 38.8 Å². The summed E-state index contributed by atoms with van der Waals surface area (Å²) in [7, 11) is -3.72. The molecular formula is C13H19ClN2O2S2. The van der Waals surface area contributed by atoms with Crippen LogP contribution in [0.2, 0.25) is 5.02 Å². The van der Waals surface area contributed by atoms with Crippen LogP contribution in [-0.4, -0.2) is 18.9 Å². The van der Waals surface area contributed by atoms with Crippen molar-refractivity contribution in [3.8, 4) is 0 Å². The van der Waals surface area contributed by atoms with Crippen LogP contribution in [0.4, 0.5) is 0 Å². The molecule has 0 saturated heterocycles. The number of nitrogens with two attached hydrogens (primary N) is 1. The van der Waals surface area contributed by atoms with Gasteiger partial charge in [0.05, 0.1) is 5.02 Å². The maximum absolute atomic E-state index is 12.4. The molecule has 7 heteroatoms. The summed E-state index contributed by atoms with van der Waals surface area (Å²) in [5.74, 6) is 0. The standard InChI is InChI=1S/C13H19ClN2O2S2/c1-4-7-13(2,3)16-20(17,18)11-8-9(12(15)19)5-6-10(11)14/h5-6,8,16H,4,7H2,1-3H3,(H2,15,19). The third-order valence-corrected chi connectivity index (χ3v) is 5.21. The molecule has 1 rings (SSSR count). The summed E-state index contributed by atoms with van der Waals surface area (Å²) < 4.78 is 27.5. The minimum atomic E-state index is -3.72. The van der Waals surface area contributed by atoms with Crippen LogP contribution in [0, 0.1) is 0 Å². The lowest BCUT2D eigenvalue weighted by Gasteiger charge is -2.25. The molecule has 20 heavy (non-hydrogen) atoms. The molecule has 1 aromatic carbocycles. The third kappa shape index (κ3) is 4.41. The van der Waals surface area contributed by atoms with E-state index in [4.69, 9.17) is 29.6 Å². The van der Waals surface area contributed by atoms with Crippen molar-refractivity contribution < 1.29 is 8.42 Å². The predicted octanol–water partition coefficient (Wildman–Crippen LogP) is 2.83. The van der Waals surface area contributed by atoms with Crippen molar-refractivity contribution in [2.45, 2.75) is 44.0 Å². The number of sulfonamides is 1. The van der Waals surface area contributed by atoms with Crippen molar-refractivity contribution in [3.63, 3.8) is 0 Å². The SMILES string of the molecule is CCCC(C)(C)NS(=O)(=O)c1cc(C(N)=S)ccc1Cl. The Hall–Kier alpha value is -0.690. The van der Waals surface area contributed by atoms with Crippen molar-refractivity contribution in [3.05, 3.63) is 28.8 Å². The van der Waals surface area contributed by atoms with Gasteiger partial charge in [-0.25, -0.2) is 13.1 Å². The van der Waals surface area contributed by atoms with Crippen molar-refractivity contribution in [1.29, 1.82) is 0 Å². The van der Waals surface area contributed by atoms with Gasteiger partial charge in [-0.3, -0.25) is 0 Å². The van der Waals surface area contributed by atoms with Crippen LogP contribution in [-0.2, 0) is 10.0 Å². The fourth-order valence-corrected chi connectivity index (χ4v) is 4.05. The third-order valence-electron chi connectivity index (χ3n) is 2.79. The van der Waals surface area contributed by atoms with Gasteiger partial charge >= 0.3 is 0 Å². The predicted molar refractivity (Wildman–Crippen MR) is 86.6 cm³/mol. The van der Waals surface area contributed by atoms with Gasteiger partial charge in [-0.2, -0.15) is 0 Å². The lowest BCUT2D eigenvalue weighted by molar-refractivity contribution is 0.418. The Morgan fingerprint density at radius 1 is 1.45 bits per heavy atom. The van der Waals surface area contributed by atoms with Crippen LogP contribution in [0.25, 0.3) is 0 Å². The molecule has 0 aliphatic carbocycles. The van der Waals surface area contributed by atoms with Gasteiger partial charge < -0.3 is 5.73 Å². The first kappa shape index (κ1) is 17.4. The highest BCUT2D eigenvalue weighted by Crippen LogP contribution is 2.25. The van der Waals surface area contributed by atoms with Crippen LogP contribution in [0.5, 0.6) is 0 Å². The van der Waals surface area contributed by atoms with Gasteiger partial charge in [0.1, 0.15) is 9.88 Å². The molecule has 1 aromatic rings. The van der Waals surface area contributed by atoms with E-state index in [0.717, 1.165) is 12.8 Å². The van der Waals surface area contributed by atoms with Crippen LogP contribution in [0.1, 0.15) is 39.2 Å². The molecule has 0 heterocycles. The summed E-state index contributed by atoms with van der Waals surface area (Å²) in [4.78, 5) is 0.125. The molecule has 0 aliphatic rings. The van der Waals surface area contributed by atoms with Crippen molar-refractivity contribution in [1.82, 2.24) is 4.72 Å². The van der Waals surface area contributed by atoms with Gasteiger partial charge in [-0.05, 0) is 32.4 Å². The van der Waals surface area contributed by atoms with E-state index in [9.17, 15) is 8.42 Å². The Morgan fingerprint density at radius 2 is 2.05 bits per heavy atom. The lowest BCUT2D eigenvalue weighted by Crippen LogP contribution is -2.43. The molecule has 3 N–H and O–H groups in total. The number of halogens is 1. The molecule has 0 bridgehead atoms. The first-order chi connectivity index (χ1) is 9.09. The monoisotopic (exact) mass is 334 g/mol. The smallest absolute Gasteiger partial charge is 0.242 e. The molecule has 0 unspecified atom stereocenters. The molecule has 0 amide bonds. The maximum Gasteiger partial charge on any atom is 0.242 e. The van der Waals surface area contributed by atoms with E-state index >= 15 is 0 Å². The second kappa shape index (κ2) is 6.39. The Balaban J connectivity index is 3.22. The second-order valence-corrected chi connectivity index (χ2v) is 7.75. The summed E-state index contributed by atoms with van der Waals surface area (Å²) in [6, 6.07) is 4.48. The summed E-state index contributed by atoms with van der Waals surface area (Å²) in [6.07, 6.45) is 1.59. The summed E-state index contributed by atoms with van der Waals surface area (Å²) in [6.45, 7) is 5.66. The average Bonchev–Trinajstić information content (AvgIpc) is 2.26. The van der Waals surface area contributed by atoms with Crippen LogP contribution in [0.15, 0.2) is 23.1 Å². The molecule has 0 radical (unpaired) electrons. The summed E-state index contributed by atoms with van der Waals surface area (Å²) >= 11 is 10.8. The Bertz CT molecular complexity index is 613. The first-order valence-corrected chi connectivity index (χ1v) is 8.49. The summed E-state index contributed by atoms with van der Waals surface area (Å²) in [5, 5.41) is 0.143. The summed E-state index contributed by atoms with van der Waals surface area (Å²) in [5.41, 5.74) is 5.45. The van der Waals surface area contributed by atoms with E-state index in [1.807, 2.05) is 20.8 Å². The van der Waals surface area contributed by atoms with Gasteiger partial charge in [0, 0.05) is 11.1 Å².